The summed E-state index contributed by atoms with van der Waals surface area (Å²) in [5, 5.41) is 5.81. The molecule has 0 heterocycles. The number of ether oxygens (including phenoxy) is 1. The van der Waals surface area contributed by atoms with Gasteiger partial charge in [-0.1, -0.05) is 56.9 Å². The van der Waals surface area contributed by atoms with Gasteiger partial charge in [0.2, 0.25) is 17.7 Å². The van der Waals surface area contributed by atoms with Crippen LogP contribution in [0.2, 0.25) is 0 Å². The topological polar surface area (TPSA) is 131 Å². The van der Waals surface area contributed by atoms with E-state index in [1.807, 2.05) is 39.0 Å². The van der Waals surface area contributed by atoms with Crippen LogP contribution in [0.3, 0.4) is 0 Å². The molecule has 3 unspecified atom stereocenters. The van der Waals surface area contributed by atoms with Crippen LogP contribution in [0.4, 0.5) is 4.79 Å². The number of hydrogen-bond acceptors (Lipinski definition) is 5. The molecule has 1 aliphatic rings. The van der Waals surface area contributed by atoms with Gasteiger partial charge in [-0.25, -0.2) is 4.79 Å². The van der Waals surface area contributed by atoms with E-state index in [9.17, 15) is 19.2 Å². The van der Waals surface area contributed by atoms with Gasteiger partial charge in [-0.2, -0.15) is 0 Å². The molecule has 1 aromatic rings. The third-order valence-electron chi connectivity index (χ3n) is 7.49. The van der Waals surface area contributed by atoms with Crippen molar-refractivity contribution in [2.24, 2.45) is 11.7 Å². The Hall–Kier alpha value is -3.10. The molecule has 0 aromatic heterocycles. The largest absolute Gasteiger partial charge is 0.444 e. The van der Waals surface area contributed by atoms with Crippen molar-refractivity contribution in [3.05, 3.63) is 34.9 Å². The molecule has 1 saturated carbocycles. The number of primary amides is 1. The molecule has 1 aliphatic carbocycles. The Morgan fingerprint density at radius 1 is 1.02 bits per heavy atom. The van der Waals surface area contributed by atoms with Crippen molar-refractivity contribution in [2.75, 3.05) is 0 Å². The second-order valence-corrected chi connectivity index (χ2v) is 13.0. The molecule has 0 aliphatic heterocycles. The average Bonchev–Trinajstić information content (AvgIpc) is 2.85. The summed E-state index contributed by atoms with van der Waals surface area (Å²) in [6, 6.07) is 3.29. The van der Waals surface area contributed by atoms with Crippen molar-refractivity contribution in [2.45, 2.75) is 137 Å². The molecule has 0 radical (unpaired) electrons. The molecule has 41 heavy (non-hydrogen) atoms. The third kappa shape index (κ3) is 11.0. The lowest BCUT2D eigenvalue weighted by atomic mass is 9.91. The molecule has 1 fully saturated rings. The Labute approximate surface area is 246 Å². The van der Waals surface area contributed by atoms with E-state index in [2.05, 4.69) is 24.5 Å². The number of nitrogens with zero attached hydrogens (tertiary/aromatic N) is 1. The van der Waals surface area contributed by atoms with Crippen LogP contribution in [0.25, 0.3) is 0 Å². The normalized spacial score (nSPS) is 16.4. The Bertz CT molecular complexity index is 1060. The van der Waals surface area contributed by atoms with Gasteiger partial charge in [0.05, 0.1) is 6.42 Å². The van der Waals surface area contributed by atoms with Gasteiger partial charge >= 0.3 is 6.09 Å². The maximum absolute atomic E-state index is 14.4. The zero-order valence-corrected chi connectivity index (χ0v) is 26.3. The summed E-state index contributed by atoms with van der Waals surface area (Å²) in [6.07, 6.45) is 5.25. The van der Waals surface area contributed by atoms with Gasteiger partial charge in [-0.3, -0.25) is 14.4 Å². The summed E-state index contributed by atoms with van der Waals surface area (Å²) in [7, 11) is 0. The molecular weight excluding hydrogens is 520 g/mol. The molecule has 9 nitrogen and oxygen atoms in total. The van der Waals surface area contributed by atoms with Gasteiger partial charge in [0.15, 0.2) is 0 Å². The smallest absolute Gasteiger partial charge is 0.408 e. The first-order valence-corrected chi connectivity index (χ1v) is 15.1. The first-order valence-electron chi connectivity index (χ1n) is 15.1. The van der Waals surface area contributed by atoms with Crippen LogP contribution in [-0.4, -0.2) is 52.4 Å². The highest BCUT2D eigenvalue weighted by Gasteiger charge is 2.40. The SMILES string of the molecule is Cc1ccc(C)c(C(C(=O)NC2CCCCC2)N(C(=O)C(CC(N)=O)NC(=O)OC(C)(C)C)C(C)CCC(C)C)c1. The molecule has 2 rings (SSSR count). The fraction of sp³-hybridized carbons (Fsp3) is 0.688. The van der Waals surface area contributed by atoms with E-state index in [-0.39, 0.29) is 18.0 Å². The quantitative estimate of drug-likeness (QED) is 0.316. The van der Waals surface area contributed by atoms with E-state index in [0.29, 0.717) is 12.3 Å². The summed E-state index contributed by atoms with van der Waals surface area (Å²) >= 11 is 0. The number of alkyl carbamates (subject to hydrolysis) is 1. The lowest BCUT2D eigenvalue weighted by Crippen LogP contribution is -2.57. The zero-order valence-electron chi connectivity index (χ0n) is 26.3. The predicted octanol–water partition coefficient (Wildman–Crippen LogP) is 5.22. The van der Waals surface area contributed by atoms with Gasteiger partial charge < -0.3 is 26.0 Å². The van der Waals surface area contributed by atoms with Crippen LogP contribution in [0.15, 0.2) is 18.2 Å². The highest BCUT2D eigenvalue weighted by Crippen LogP contribution is 2.31. The van der Waals surface area contributed by atoms with Crippen LogP contribution < -0.4 is 16.4 Å². The van der Waals surface area contributed by atoms with Crippen LogP contribution in [0, 0.1) is 19.8 Å². The number of benzene rings is 1. The van der Waals surface area contributed by atoms with Gasteiger partial charge in [0, 0.05) is 12.1 Å². The molecule has 0 bridgehead atoms. The first-order chi connectivity index (χ1) is 19.1. The highest BCUT2D eigenvalue weighted by molar-refractivity contribution is 5.95. The van der Waals surface area contributed by atoms with Gasteiger partial charge in [0.1, 0.15) is 17.7 Å². The Morgan fingerprint density at radius 3 is 2.22 bits per heavy atom. The van der Waals surface area contributed by atoms with Gasteiger partial charge in [-0.05, 0) is 84.3 Å². The third-order valence-corrected chi connectivity index (χ3v) is 7.49. The monoisotopic (exact) mass is 572 g/mol. The van der Waals surface area contributed by atoms with Crippen LogP contribution in [0.5, 0.6) is 0 Å². The molecule has 230 valence electrons. The van der Waals surface area contributed by atoms with E-state index >= 15 is 0 Å². The summed E-state index contributed by atoms with van der Waals surface area (Å²) in [4.78, 5) is 55.1. The first kappa shape index (κ1) is 34.1. The minimum Gasteiger partial charge on any atom is -0.444 e. The molecule has 3 atom stereocenters. The van der Waals surface area contributed by atoms with Crippen molar-refractivity contribution in [1.29, 1.82) is 0 Å². The summed E-state index contributed by atoms with van der Waals surface area (Å²) in [6.45, 7) is 15.1. The van der Waals surface area contributed by atoms with Crippen LogP contribution in [-0.2, 0) is 19.1 Å². The van der Waals surface area contributed by atoms with Crippen molar-refractivity contribution in [3.63, 3.8) is 0 Å². The second kappa shape index (κ2) is 15.2. The fourth-order valence-electron chi connectivity index (χ4n) is 5.34. The zero-order chi connectivity index (χ0) is 30.9. The highest BCUT2D eigenvalue weighted by atomic mass is 16.6. The predicted molar refractivity (Wildman–Crippen MR) is 161 cm³/mol. The summed E-state index contributed by atoms with van der Waals surface area (Å²) in [5.41, 5.74) is 7.29. The van der Waals surface area contributed by atoms with Gasteiger partial charge in [-0.15, -0.1) is 0 Å². The van der Waals surface area contributed by atoms with Crippen molar-refractivity contribution in [1.82, 2.24) is 15.5 Å². The maximum atomic E-state index is 14.4. The van der Waals surface area contributed by atoms with Crippen LogP contribution >= 0.6 is 0 Å². The summed E-state index contributed by atoms with van der Waals surface area (Å²) < 4.78 is 5.39. The number of aryl methyl sites for hydroxylation is 2. The van der Waals surface area contributed by atoms with Crippen molar-refractivity contribution in [3.8, 4) is 0 Å². The summed E-state index contributed by atoms with van der Waals surface area (Å²) in [5.74, 6) is -1.17. The molecule has 4 amide bonds. The molecule has 9 heteroatoms. The lowest BCUT2D eigenvalue weighted by Gasteiger charge is -2.40. The number of nitrogens with two attached hydrogens (primary N) is 1. The number of nitrogens with one attached hydrogen (secondary N) is 2. The number of amides is 4. The van der Waals surface area contributed by atoms with E-state index < -0.39 is 42.0 Å². The second-order valence-electron chi connectivity index (χ2n) is 13.0. The fourth-order valence-corrected chi connectivity index (χ4v) is 5.34. The molecule has 0 saturated heterocycles. The standard InChI is InChI=1S/C32H52N4O5/c1-20(2)14-17-23(5)36(30(39)26(19-27(33)37)35-31(40)41-32(6,7)8)28(25-18-21(3)15-16-22(25)4)29(38)34-24-12-10-9-11-13-24/h15-16,18,20,23-24,26,28H,9-14,17,19H2,1-8H3,(H2,33,37)(H,34,38)(H,35,40). The lowest BCUT2D eigenvalue weighted by molar-refractivity contribution is -0.146. The number of hydrogen-bond donors (Lipinski definition) is 3. The van der Waals surface area contributed by atoms with E-state index in [1.54, 1.807) is 25.7 Å². The molecule has 1 aromatic carbocycles. The van der Waals surface area contributed by atoms with Crippen molar-refractivity contribution < 1.29 is 23.9 Å². The van der Waals surface area contributed by atoms with Gasteiger partial charge in [0.25, 0.3) is 0 Å². The number of carbonyl (C=O) groups is 4. The molecule has 4 N–H and O–H groups in total. The average molecular weight is 573 g/mol. The van der Waals surface area contributed by atoms with E-state index in [4.69, 9.17) is 10.5 Å². The maximum Gasteiger partial charge on any atom is 0.408 e. The van der Waals surface area contributed by atoms with E-state index in [0.717, 1.165) is 55.2 Å². The van der Waals surface area contributed by atoms with E-state index in [1.165, 1.54) is 0 Å². The Kier molecular flexibility index (Phi) is 12.7. The number of rotatable bonds is 12. The van der Waals surface area contributed by atoms with Crippen LogP contribution in [0.1, 0.15) is 116 Å². The minimum atomic E-state index is -1.29. The number of carbonyl (C=O) groups excluding carboxylic acids is 4. The minimum absolute atomic E-state index is 0.0353. The Morgan fingerprint density at radius 2 is 1.66 bits per heavy atom. The molecule has 0 spiro atoms. The Balaban J connectivity index is 2.62. The molecular formula is C32H52N4O5. The van der Waals surface area contributed by atoms with Crippen molar-refractivity contribution >= 4 is 23.8 Å².